The predicted octanol–water partition coefficient (Wildman–Crippen LogP) is 3.93. The lowest BCUT2D eigenvalue weighted by Crippen LogP contribution is -2.31. The Morgan fingerprint density at radius 1 is 1.27 bits per heavy atom. The third-order valence-electron chi connectivity index (χ3n) is 2.76. The van der Waals surface area contributed by atoms with Crippen LogP contribution in [0.15, 0.2) is 0 Å². The molecule has 0 aliphatic rings. The number of hydrogen-bond acceptors (Lipinski definition) is 2. The molecule has 92 valence electrons. The molecule has 1 atom stereocenters. The van der Waals surface area contributed by atoms with Gasteiger partial charge in [0.25, 0.3) is 0 Å². The van der Waals surface area contributed by atoms with E-state index in [0.29, 0.717) is 11.5 Å². The molecule has 0 spiro atoms. The molecule has 0 rings (SSSR count). The van der Waals surface area contributed by atoms with Crippen molar-refractivity contribution in [3.8, 4) is 0 Å². The third-order valence-corrected chi connectivity index (χ3v) is 3.74. The topological polar surface area (TPSA) is 12.0 Å². The maximum absolute atomic E-state index is 3.50. The van der Waals surface area contributed by atoms with E-state index in [-0.39, 0.29) is 0 Å². The van der Waals surface area contributed by atoms with Crippen molar-refractivity contribution in [3.63, 3.8) is 0 Å². The molecule has 0 bridgehead atoms. The van der Waals surface area contributed by atoms with E-state index in [1.165, 1.54) is 30.8 Å². The zero-order valence-electron chi connectivity index (χ0n) is 11.2. The summed E-state index contributed by atoms with van der Waals surface area (Å²) < 4.78 is 0. The highest BCUT2D eigenvalue weighted by Crippen LogP contribution is 2.28. The first-order chi connectivity index (χ1) is 7.02. The van der Waals surface area contributed by atoms with Crippen molar-refractivity contribution in [2.24, 2.45) is 5.41 Å². The molecule has 2 heteroatoms. The molecular weight excluding hydrogens is 202 g/mol. The molecule has 0 amide bonds. The number of nitrogens with one attached hydrogen (secondary N) is 1. The molecule has 0 saturated carbocycles. The first kappa shape index (κ1) is 15.3. The summed E-state index contributed by atoms with van der Waals surface area (Å²) in [5.41, 5.74) is 0.496. The van der Waals surface area contributed by atoms with Crippen molar-refractivity contribution in [1.82, 2.24) is 5.32 Å². The lowest BCUT2D eigenvalue weighted by Gasteiger charge is -2.28. The van der Waals surface area contributed by atoms with Crippen LogP contribution >= 0.6 is 11.8 Å². The van der Waals surface area contributed by atoms with Crippen molar-refractivity contribution in [2.45, 2.75) is 59.9 Å². The van der Waals surface area contributed by atoms with Crippen LogP contribution in [0.2, 0.25) is 0 Å². The minimum absolute atomic E-state index is 0.496. The van der Waals surface area contributed by atoms with E-state index in [0.717, 1.165) is 6.54 Å². The molecule has 0 aromatic heterocycles. The second-order valence-electron chi connectivity index (χ2n) is 5.13. The van der Waals surface area contributed by atoms with Gasteiger partial charge in [0.1, 0.15) is 0 Å². The monoisotopic (exact) mass is 231 g/mol. The average Bonchev–Trinajstić information content (AvgIpc) is 2.12. The Morgan fingerprint density at radius 2 is 1.93 bits per heavy atom. The van der Waals surface area contributed by atoms with E-state index in [4.69, 9.17) is 0 Å². The zero-order valence-corrected chi connectivity index (χ0v) is 12.0. The van der Waals surface area contributed by atoms with Crippen molar-refractivity contribution < 1.29 is 0 Å². The van der Waals surface area contributed by atoms with Gasteiger partial charge in [-0.1, -0.05) is 27.7 Å². The van der Waals surface area contributed by atoms with Gasteiger partial charge in [-0.25, -0.2) is 0 Å². The minimum Gasteiger partial charge on any atom is -0.315 e. The Labute approximate surface area is 101 Å². The fourth-order valence-electron chi connectivity index (χ4n) is 2.15. The van der Waals surface area contributed by atoms with Crippen LogP contribution in [-0.4, -0.2) is 24.1 Å². The van der Waals surface area contributed by atoms with Crippen LogP contribution in [0.5, 0.6) is 0 Å². The highest BCUT2D eigenvalue weighted by molar-refractivity contribution is 7.99. The van der Waals surface area contributed by atoms with Crippen LogP contribution < -0.4 is 5.32 Å². The van der Waals surface area contributed by atoms with Crippen LogP contribution in [0, 0.1) is 5.41 Å². The minimum atomic E-state index is 0.496. The molecule has 15 heavy (non-hydrogen) atoms. The molecule has 0 saturated heterocycles. The molecule has 0 radical (unpaired) electrons. The van der Waals surface area contributed by atoms with E-state index in [9.17, 15) is 0 Å². The summed E-state index contributed by atoms with van der Waals surface area (Å²) in [7, 11) is 0. The molecule has 1 N–H and O–H groups in total. The van der Waals surface area contributed by atoms with Crippen LogP contribution in [0.1, 0.15) is 53.9 Å². The largest absolute Gasteiger partial charge is 0.315 e. The molecule has 0 fully saturated rings. The summed E-state index contributed by atoms with van der Waals surface area (Å²) in [5.74, 6) is 2.59. The predicted molar refractivity (Wildman–Crippen MR) is 73.8 cm³/mol. The number of thioether (sulfide) groups is 1. The van der Waals surface area contributed by atoms with Crippen LogP contribution in [0.3, 0.4) is 0 Å². The van der Waals surface area contributed by atoms with E-state index in [2.05, 4.69) is 51.7 Å². The normalized spacial score (nSPS) is 14.2. The Balaban J connectivity index is 3.65. The molecule has 0 aromatic carbocycles. The smallest absolute Gasteiger partial charge is 0.00436 e. The first-order valence-electron chi connectivity index (χ1n) is 6.33. The highest BCUT2D eigenvalue weighted by Gasteiger charge is 2.19. The summed E-state index contributed by atoms with van der Waals surface area (Å²) in [6, 6.07) is 0.656. The average molecular weight is 231 g/mol. The van der Waals surface area contributed by atoms with Gasteiger partial charge in [-0.05, 0) is 49.7 Å². The fraction of sp³-hybridized carbons (Fsp3) is 1.00. The van der Waals surface area contributed by atoms with Gasteiger partial charge in [0.05, 0.1) is 0 Å². The molecule has 1 nitrogen and oxygen atoms in total. The Bertz CT molecular complexity index is 145. The molecule has 0 aliphatic carbocycles. The van der Waals surface area contributed by atoms with Gasteiger partial charge in [-0.3, -0.25) is 0 Å². The van der Waals surface area contributed by atoms with Gasteiger partial charge in [0.2, 0.25) is 0 Å². The van der Waals surface area contributed by atoms with Crippen LogP contribution in [-0.2, 0) is 0 Å². The van der Waals surface area contributed by atoms with Gasteiger partial charge in [-0.2, -0.15) is 11.8 Å². The molecule has 0 aromatic rings. The quantitative estimate of drug-likeness (QED) is 0.603. The third kappa shape index (κ3) is 9.25. The van der Waals surface area contributed by atoms with Gasteiger partial charge in [0, 0.05) is 6.04 Å². The lowest BCUT2D eigenvalue weighted by atomic mass is 9.82. The van der Waals surface area contributed by atoms with Crippen LogP contribution in [0.4, 0.5) is 0 Å². The standard InChI is InChI=1S/C13H29NS/c1-6-14-12(3)11-13(4,5)9-8-10-15-7-2/h12,14H,6-11H2,1-5H3. The summed E-state index contributed by atoms with van der Waals surface area (Å²) in [4.78, 5) is 0. The summed E-state index contributed by atoms with van der Waals surface area (Å²) in [6.45, 7) is 12.6. The number of rotatable bonds is 9. The maximum atomic E-state index is 3.50. The zero-order chi connectivity index (χ0) is 11.7. The Kier molecular flexibility index (Phi) is 8.64. The van der Waals surface area contributed by atoms with E-state index >= 15 is 0 Å². The lowest BCUT2D eigenvalue weighted by molar-refractivity contribution is 0.268. The van der Waals surface area contributed by atoms with Crippen molar-refractivity contribution >= 4 is 11.8 Å². The summed E-state index contributed by atoms with van der Waals surface area (Å²) >= 11 is 2.06. The second-order valence-corrected chi connectivity index (χ2v) is 6.52. The van der Waals surface area contributed by atoms with E-state index in [1.54, 1.807) is 0 Å². The first-order valence-corrected chi connectivity index (χ1v) is 7.48. The van der Waals surface area contributed by atoms with Gasteiger partial charge in [-0.15, -0.1) is 0 Å². The molecule has 1 unspecified atom stereocenters. The van der Waals surface area contributed by atoms with E-state index in [1.807, 2.05) is 0 Å². The van der Waals surface area contributed by atoms with Gasteiger partial charge < -0.3 is 5.32 Å². The van der Waals surface area contributed by atoms with Crippen LogP contribution in [0.25, 0.3) is 0 Å². The summed E-state index contributed by atoms with van der Waals surface area (Å²) in [5, 5.41) is 3.50. The van der Waals surface area contributed by atoms with Crippen molar-refractivity contribution in [3.05, 3.63) is 0 Å². The maximum Gasteiger partial charge on any atom is 0.00436 e. The van der Waals surface area contributed by atoms with Gasteiger partial charge >= 0.3 is 0 Å². The van der Waals surface area contributed by atoms with Crippen molar-refractivity contribution in [2.75, 3.05) is 18.1 Å². The second kappa shape index (κ2) is 8.46. The number of hydrogen-bond donors (Lipinski definition) is 1. The highest BCUT2D eigenvalue weighted by atomic mass is 32.2. The molecule has 0 heterocycles. The van der Waals surface area contributed by atoms with E-state index < -0.39 is 0 Å². The Hall–Kier alpha value is 0.310. The Morgan fingerprint density at radius 3 is 2.47 bits per heavy atom. The fourth-order valence-corrected chi connectivity index (χ4v) is 2.79. The molecule has 0 aliphatic heterocycles. The molecular formula is C13H29NS. The van der Waals surface area contributed by atoms with Gasteiger partial charge in [0.15, 0.2) is 0 Å². The summed E-state index contributed by atoms with van der Waals surface area (Å²) in [6.07, 6.45) is 4.01. The SMILES string of the molecule is CCNC(C)CC(C)(C)CCCSCC. The van der Waals surface area contributed by atoms with Crippen molar-refractivity contribution in [1.29, 1.82) is 0 Å².